The maximum absolute atomic E-state index is 10.9. The third-order valence-electron chi connectivity index (χ3n) is 8.02. The average Bonchev–Trinajstić information content (AvgIpc) is 3.60. The molecule has 0 radical (unpaired) electrons. The first-order chi connectivity index (χ1) is 29.6. The van der Waals surface area contributed by atoms with Gasteiger partial charge < -0.3 is 5.11 Å². The third kappa shape index (κ3) is 5.50. The van der Waals surface area contributed by atoms with E-state index in [4.69, 9.17) is 30.5 Å². The Kier molecular flexibility index (Phi) is 4.31. The van der Waals surface area contributed by atoms with Gasteiger partial charge in [-0.2, -0.15) is 0 Å². The van der Waals surface area contributed by atoms with E-state index in [9.17, 15) is 7.85 Å². The van der Waals surface area contributed by atoms with E-state index in [2.05, 4.69) is 0 Å². The Labute approximate surface area is 300 Å². The Balaban J connectivity index is 1.65. The molecule has 232 valence electrons. The van der Waals surface area contributed by atoms with Crippen LogP contribution in [0.1, 0.15) is 79.2 Å². The highest BCUT2D eigenvalue weighted by Gasteiger charge is 2.23. The van der Waals surface area contributed by atoms with Gasteiger partial charge in [0.1, 0.15) is 11.6 Å². The molecule has 0 saturated carbocycles. The van der Waals surface area contributed by atoms with Gasteiger partial charge >= 0.3 is 0 Å². The molecule has 0 atom stereocenters. The predicted octanol–water partition coefficient (Wildman–Crippen LogP) is 11.3. The molecule has 2 heterocycles. The number of hydrogen-bond acceptors (Lipinski definition) is 3. The van der Waals surface area contributed by atoms with Crippen LogP contribution in [0.2, 0.25) is 0 Å². The lowest BCUT2D eigenvalue weighted by atomic mass is 9.92. The number of aryl methyl sites for hydroxylation is 1. The monoisotopic (exact) mass is 630 g/mol. The van der Waals surface area contributed by atoms with Crippen molar-refractivity contribution < 1.29 is 28.4 Å². The smallest absolute Gasteiger partial charge is 0.145 e. The van der Waals surface area contributed by atoms with Crippen LogP contribution in [0.4, 0.5) is 0 Å². The van der Waals surface area contributed by atoms with Crippen molar-refractivity contribution in [2.75, 3.05) is 0 Å². The van der Waals surface area contributed by atoms with E-state index in [0.717, 1.165) is 18.2 Å². The van der Waals surface area contributed by atoms with Gasteiger partial charge in [0.05, 0.1) is 28.1 Å². The Hall–Kier alpha value is -5.48. The molecule has 0 amide bonds. The summed E-state index contributed by atoms with van der Waals surface area (Å²) < 4.78 is 147. The number of hydrogen-bond donors (Lipinski definition) is 1. The zero-order valence-corrected chi connectivity index (χ0v) is 24.9. The van der Waals surface area contributed by atoms with Crippen LogP contribution in [0.3, 0.4) is 0 Å². The summed E-state index contributed by atoms with van der Waals surface area (Å²) in [6.45, 7) is -17.3. The Morgan fingerprint density at radius 2 is 1.32 bits per heavy atom. The lowest BCUT2D eigenvalue weighted by Crippen LogP contribution is -2.08. The van der Waals surface area contributed by atoms with Gasteiger partial charge in [-0.1, -0.05) is 118 Å². The van der Waals surface area contributed by atoms with Gasteiger partial charge in [-0.15, -0.1) is 0 Å². The van der Waals surface area contributed by atoms with Gasteiger partial charge in [0.2, 0.25) is 0 Å². The van der Waals surface area contributed by atoms with Crippen LogP contribution in [0.5, 0.6) is 5.75 Å². The van der Waals surface area contributed by atoms with Crippen LogP contribution in [0.25, 0.3) is 61.8 Å². The number of fused-ring (bicyclic) bond motifs is 1. The van der Waals surface area contributed by atoms with Crippen molar-refractivity contribution in [3.8, 4) is 56.5 Å². The van der Waals surface area contributed by atoms with Crippen LogP contribution in [0, 0.1) is 6.85 Å². The van der Waals surface area contributed by atoms with E-state index in [1.54, 1.807) is 91.0 Å². The molecule has 4 nitrogen and oxygen atoms in total. The summed E-state index contributed by atoms with van der Waals surface area (Å²) in [5, 5.41) is 10.9. The molecule has 0 saturated heterocycles. The van der Waals surface area contributed by atoms with Crippen LogP contribution in [0.15, 0.2) is 127 Å². The fourth-order valence-electron chi connectivity index (χ4n) is 5.92. The number of aromatic nitrogens is 3. The van der Waals surface area contributed by atoms with E-state index >= 15 is 0 Å². The second-order valence-electron chi connectivity index (χ2n) is 11.0. The Morgan fingerprint density at radius 1 is 0.660 bits per heavy atom. The highest BCUT2D eigenvalue weighted by atomic mass is 16.3. The van der Waals surface area contributed by atoms with Gasteiger partial charge in [-0.25, -0.2) is 9.97 Å². The molecule has 1 N–H and O–H groups in total. The summed E-state index contributed by atoms with van der Waals surface area (Å²) >= 11 is 0. The summed E-state index contributed by atoms with van der Waals surface area (Å²) in [6.07, 6.45) is 0. The standard InChI is InChI=1S/C43H39N3O/c1-27(2)33-20-14-21-34(28(3)4)42(33)46-38-23-11-10-22-36(38)45-43(46)32-18-13-17-31(26-32)41-40(30-15-7-6-8-16-30)29(5)25-37(44-41)35-19-9-12-24-39(35)47/h6-28,47H,1-5H3/i1D3,2D3,3D3,4D3,5D3,27D,28D. The number of nitrogens with zero attached hydrogens (tertiary/aromatic N) is 3. The molecule has 0 fully saturated rings. The number of para-hydroxylation sites is 4. The number of rotatable bonds is 7. The molecule has 47 heavy (non-hydrogen) atoms. The van der Waals surface area contributed by atoms with Crippen molar-refractivity contribution in [3.05, 3.63) is 144 Å². The summed E-state index contributed by atoms with van der Waals surface area (Å²) in [4.78, 5) is 9.78. The minimum atomic E-state index is -3.65. The predicted molar refractivity (Wildman–Crippen MR) is 195 cm³/mol. The summed E-state index contributed by atoms with van der Waals surface area (Å²) in [5.74, 6) is -7.36. The van der Waals surface area contributed by atoms with Crippen molar-refractivity contribution in [1.29, 1.82) is 0 Å². The number of pyridine rings is 1. The molecule has 7 rings (SSSR count). The number of phenolic OH excluding ortho intramolecular Hbond substituents is 1. The van der Waals surface area contributed by atoms with E-state index in [-0.39, 0.29) is 56.2 Å². The molecule has 0 aliphatic rings. The van der Waals surface area contributed by atoms with Crippen LogP contribution in [-0.4, -0.2) is 19.6 Å². The SMILES string of the molecule is [2H]C([2H])([2H])c1cc(-c2ccccc2O)nc(-c2cccc(-c3nc4ccccc4n3-c3c(C([2H])(C([2H])([2H])[2H])C([2H])([2H])[2H])cccc3C([2H])(C([2H])([2H])[2H])C([2H])([2H])[2H])c2)c1-c1ccccc1. The number of aromatic hydroxyl groups is 1. The van der Waals surface area contributed by atoms with Crippen LogP contribution < -0.4 is 0 Å². The van der Waals surface area contributed by atoms with Crippen LogP contribution in [-0.2, 0) is 0 Å². The highest BCUT2D eigenvalue weighted by Crippen LogP contribution is 2.41. The lowest BCUT2D eigenvalue weighted by Gasteiger charge is -2.22. The largest absolute Gasteiger partial charge is 0.507 e. The van der Waals surface area contributed by atoms with Crippen molar-refractivity contribution in [2.24, 2.45) is 0 Å². The first-order valence-corrected chi connectivity index (χ1v) is 14.7. The highest BCUT2D eigenvalue weighted by molar-refractivity contribution is 5.89. The fraction of sp³-hybridized carbons (Fsp3) is 0.163. The fourth-order valence-corrected chi connectivity index (χ4v) is 5.92. The molecule has 0 spiro atoms. The molecule has 5 aromatic carbocycles. The van der Waals surface area contributed by atoms with Crippen molar-refractivity contribution >= 4 is 11.0 Å². The summed E-state index contributed by atoms with van der Waals surface area (Å²) in [7, 11) is 0. The van der Waals surface area contributed by atoms with Crippen molar-refractivity contribution in [1.82, 2.24) is 14.5 Å². The maximum Gasteiger partial charge on any atom is 0.145 e. The summed E-state index contributed by atoms with van der Waals surface area (Å²) in [6, 6.07) is 31.9. The quantitative estimate of drug-likeness (QED) is 0.191. The molecule has 4 heteroatoms. The maximum atomic E-state index is 10.9. The summed E-state index contributed by atoms with van der Waals surface area (Å²) in [5.41, 5.74) is -0.427. The van der Waals surface area contributed by atoms with E-state index in [0.29, 0.717) is 11.1 Å². The minimum absolute atomic E-state index is 0.0969. The number of phenols is 1. The number of benzene rings is 5. The van der Waals surface area contributed by atoms with Gasteiger partial charge in [0.15, 0.2) is 0 Å². The average molecular weight is 631 g/mol. The van der Waals surface area contributed by atoms with Gasteiger partial charge in [-0.05, 0) is 77.3 Å². The van der Waals surface area contributed by atoms with E-state index < -0.39 is 62.9 Å². The zero-order chi connectivity index (χ0) is 47.0. The Bertz CT molecular complexity index is 2790. The number of imidazole rings is 1. The molecule has 0 aliphatic heterocycles. The third-order valence-corrected chi connectivity index (χ3v) is 8.02. The molecular formula is C43H39N3O. The normalized spacial score (nSPS) is 18.7. The topological polar surface area (TPSA) is 50.9 Å². The Morgan fingerprint density at radius 3 is 2.06 bits per heavy atom. The molecule has 0 unspecified atom stereocenters. The first-order valence-electron chi connectivity index (χ1n) is 23.2. The minimum Gasteiger partial charge on any atom is -0.507 e. The van der Waals surface area contributed by atoms with Crippen molar-refractivity contribution in [2.45, 2.75) is 46.0 Å². The zero-order valence-electron chi connectivity index (χ0n) is 41.9. The first kappa shape index (κ1) is 16.4. The van der Waals surface area contributed by atoms with Crippen molar-refractivity contribution in [3.63, 3.8) is 0 Å². The van der Waals surface area contributed by atoms with Crippen LogP contribution >= 0.6 is 0 Å². The molecular weight excluding hydrogens is 574 g/mol. The molecule has 7 aromatic rings. The van der Waals surface area contributed by atoms with Gasteiger partial charge in [0, 0.05) is 45.6 Å². The second-order valence-corrected chi connectivity index (χ2v) is 11.0. The molecule has 0 aliphatic carbocycles. The van der Waals surface area contributed by atoms with E-state index in [1.807, 2.05) is 0 Å². The van der Waals surface area contributed by atoms with Gasteiger partial charge in [0.25, 0.3) is 0 Å². The van der Waals surface area contributed by atoms with Gasteiger partial charge in [-0.3, -0.25) is 4.57 Å². The van der Waals surface area contributed by atoms with E-state index in [1.165, 1.54) is 22.8 Å². The lowest BCUT2D eigenvalue weighted by molar-refractivity contribution is 0.477. The molecule has 2 aromatic heterocycles. The molecule has 0 bridgehead atoms. The second kappa shape index (κ2) is 12.4.